The van der Waals surface area contributed by atoms with E-state index in [-0.39, 0.29) is 49.2 Å². The predicted molar refractivity (Wildman–Crippen MR) is 164 cm³/mol. The molecule has 3 heterocycles. The Labute approximate surface area is 275 Å². The number of aliphatic imine (C=N–C) groups is 1. The Morgan fingerprint density at radius 1 is 1.27 bits per heavy atom. The number of nitrogens with two attached hydrogens (primary N) is 1. The summed E-state index contributed by atoms with van der Waals surface area (Å²) in [5.41, 5.74) is 3.06. The van der Waals surface area contributed by atoms with E-state index in [0.29, 0.717) is 0 Å². The summed E-state index contributed by atoms with van der Waals surface area (Å²) in [7, 11) is 3.94. The molecule has 3 rings (SSSR count). The first-order chi connectivity index (χ1) is 22.7. The van der Waals surface area contributed by atoms with E-state index in [0.717, 1.165) is 19.4 Å². The molecule has 7 atom stereocenters. The molecule has 0 bridgehead atoms. The van der Waals surface area contributed by atoms with Crippen molar-refractivity contribution in [1.29, 1.82) is 0 Å². The van der Waals surface area contributed by atoms with Crippen LogP contribution in [0.25, 0.3) is 0 Å². The van der Waals surface area contributed by atoms with E-state index < -0.39 is 72.3 Å². The predicted octanol–water partition coefficient (Wildman–Crippen LogP) is -4.11. The van der Waals surface area contributed by atoms with Crippen molar-refractivity contribution >= 4 is 17.9 Å². The molecule has 1 saturated heterocycles. The molecular formula is C29H43N5O14. The smallest absolute Gasteiger partial charge is 0.340 e. The van der Waals surface area contributed by atoms with E-state index in [2.05, 4.69) is 22.2 Å². The number of carbonyl (C=O) groups excluding carboxylic acids is 1. The van der Waals surface area contributed by atoms with Gasteiger partial charge >= 0.3 is 11.9 Å². The maximum absolute atomic E-state index is 12.9. The number of hydrogen-bond acceptors (Lipinski definition) is 16. The number of carboxylic acid groups (broad SMARTS) is 1. The van der Waals surface area contributed by atoms with Crippen LogP contribution in [0.2, 0.25) is 0 Å². The van der Waals surface area contributed by atoms with Crippen LogP contribution in [0.5, 0.6) is 0 Å². The lowest BCUT2D eigenvalue weighted by atomic mass is 9.78. The first-order valence-corrected chi connectivity index (χ1v) is 14.6. The van der Waals surface area contributed by atoms with Gasteiger partial charge in [0, 0.05) is 25.4 Å². The van der Waals surface area contributed by atoms with E-state index in [4.69, 9.17) is 29.4 Å². The fourth-order valence-electron chi connectivity index (χ4n) is 5.23. The Morgan fingerprint density at radius 2 is 1.98 bits per heavy atom. The minimum Gasteiger partial charge on any atom is -0.478 e. The largest absolute Gasteiger partial charge is 0.478 e. The molecule has 19 nitrogen and oxygen atoms in total. The number of guanidine groups is 1. The Morgan fingerprint density at radius 3 is 2.54 bits per heavy atom. The van der Waals surface area contributed by atoms with Crippen molar-refractivity contribution in [3.63, 3.8) is 0 Å². The van der Waals surface area contributed by atoms with Gasteiger partial charge in [-0.3, -0.25) is 10.3 Å². The molecule has 0 radical (unpaired) electrons. The third-order valence-electron chi connectivity index (χ3n) is 7.76. The van der Waals surface area contributed by atoms with E-state index >= 15 is 0 Å². The number of β-amino-alcohol motifs (C(OH)–C–C–N with tert-alkyl or cyclic N) is 1. The van der Waals surface area contributed by atoms with Crippen molar-refractivity contribution < 1.29 is 69.0 Å². The van der Waals surface area contributed by atoms with Gasteiger partial charge in [0.2, 0.25) is 12.1 Å². The lowest BCUT2D eigenvalue weighted by Crippen LogP contribution is -2.69. The summed E-state index contributed by atoms with van der Waals surface area (Å²) in [4.78, 5) is 30.4. The van der Waals surface area contributed by atoms with Gasteiger partial charge in [-0.2, -0.15) is 0 Å². The Bertz CT molecular complexity index is 1350. The topological polar surface area (TPSA) is 288 Å². The Balaban J connectivity index is 2.11. The minimum atomic E-state index is -3.00. The zero-order valence-corrected chi connectivity index (χ0v) is 26.6. The van der Waals surface area contributed by atoms with Crippen LogP contribution in [0.3, 0.4) is 0 Å². The fraction of sp³-hybridized carbons (Fsp3) is 0.552. The number of aliphatic hydroxyl groups excluding tert-OH is 3. The standard InChI is InChI=1S/C29H43N5O14/c1-5-17-25(48-26-22(46-14-31-2)29(42,43)21(37)19(12-36)47-26)45-13-18(24(40)44-4)28(17,41)7-6-15-10-34(8-9-35)11-16(23(38)39)20(15)33-27(30)32-3/h5-7,10,13,17,19,21-22,25-26,31,35-37,41-43H,1,8-9,11-12,14H2,2-4H3,(H,38,39)(H3,30,32,33). The second-order valence-corrected chi connectivity index (χ2v) is 10.8. The number of allylic oxidation sites excluding steroid dienone is 1. The number of rotatable bonds is 14. The van der Waals surface area contributed by atoms with Gasteiger partial charge in [0.05, 0.1) is 50.8 Å². The van der Waals surface area contributed by atoms with Crippen LogP contribution in [0, 0.1) is 5.92 Å². The first kappa shape index (κ1) is 38.6. The summed E-state index contributed by atoms with van der Waals surface area (Å²) in [6.45, 7) is 2.24. The van der Waals surface area contributed by atoms with Crippen molar-refractivity contribution in [3.05, 3.63) is 59.7 Å². The van der Waals surface area contributed by atoms with Gasteiger partial charge in [-0.05, 0) is 13.1 Å². The molecule has 0 aliphatic carbocycles. The highest BCUT2D eigenvalue weighted by molar-refractivity contribution is 5.93. The number of carbonyl (C=O) groups is 2. The normalized spacial score (nSPS) is 30.8. The van der Waals surface area contributed by atoms with Gasteiger partial charge in [-0.1, -0.05) is 12.2 Å². The third kappa shape index (κ3) is 8.04. The van der Waals surface area contributed by atoms with Gasteiger partial charge in [-0.25, -0.2) is 9.59 Å². The molecule has 19 heteroatoms. The van der Waals surface area contributed by atoms with Crippen LogP contribution in [-0.4, -0.2) is 155 Å². The highest BCUT2D eigenvalue weighted by atomic mass is 16.8. The van der Waals surface area contributed by atoms with Crippen molar-refractivity contribution in [1.82, 2.24) is 15.5 Å². The zero-order chi connectivity index (χ0) is 35.8. The number of nitrogens with one attached hydrogen (secondary N) is 2. The number of aliphatic hydroxyl groups is 6. The van der Waals surface area contributed by atoms with Crippen LogP contribution in [0.1, 0.15) is 0 Å². The summed E-state index contributed by atoms with van der Waals surface area (Å²) < 4.78 is 27.4. The van der Waals surface area contributed by atoms with Crippen molar-refractivity contribution in [2.75, 3.05) is 54.2 Å². The highest BCUT2D eigenvalue weighted by Crippen LogP contribution is 2.41. The van der Waals surface area contributed by atoms with Gasteiger partial charge in [0.1, 0.15) is 29.6 Å². The molecule has 0 spiro atoms. The molecule has 0 aromatic carbocycles. The first-order valence-electron chi connectivity index (χ1n) is 14.6. The maximum Gasteiger partial charge on any atom is 0.340 e. The van der Waals surface area contributed by atoms with Crippen LogP contribution < -0.4 is 16.4 Å². The average molecular weight is 686 g/mol. The second-order valence-electron chi connectivity index (χ2n) is 10.8. The third-order valence-corrected chi connectivity index (χ3v) is 7.76. The van der Waals surface area contributed by atoms with Gasteiger partial charge in [-0.15, -0.1) is 6.58 Å². The Hall–Kier alpha value is -3.89. The molecular weight excluding hydrogens is 642 g/mol. The monoisotopic (exact) mass is 685 g/mol. The molecule has 0 aromatic rings. The van der Waals surface area contributed by atoms with Crippen molar-refractivity contribution in [2.24, 2.45) is 16.6 Å². The number of aliphatic carboxylic acids is 1. The molecule has 11 N–H and O–H groups in total. The second kappa shape index (κ2) is 16.5. The molecule has 3 aliphatic rings. The molecule has 0 amide bonds. The summed E-state index contributed by atoms with van der Waals surface area (Å²) in [6.07, 6.45) is -2.78. The molecule has 0 aromatic heterocycles. The molecule has 268 valence electrons. The van der Waals surface area contributed by atoms with E-state index in [9.17, 15) is 45.3 Å². The van der Waals surface area contributed by atoms with E-state index in [1.807, 2.05) is 0 Å². The number of hydrogen-bond donors (Lipinski definition) is 10. The zero-order valence-electron chi connectivity index (χ0n) is 26.6. The lowest BCUT2D eigenvalue weighted by molar-refractivity contribution is -0.412. The number of nitrogens with zero attached hydrogens (tertiary/aromatic N) is 2. The van der Waals surface area contributed by atoms with Gasteiger partial charge in [0.15, 0.2) is 18.4 Å². The quantitative estimate of drug-likeness (QED) is 0.0273. The number of methoxy groups -OCH3 is 1. The number of ether oxygens (including phenoxy) is 5. The molecule has 3 aliphatic heterocycles. The number of carboxylic acids is 1. The summed E-state index contributed by atoms with van der Waals surface area (Å²) in [6, 6.07) is 0. The van der Waals surface area contributed by atoms with Crippen molar-refractivity contribution in [3.8, 4) is 0 Å². The summed E-state index contributed by atoms with van der Waals surface area (Å²) in [5, 5.41) is 78.7. The fourth-order valence-corrected chi connectivity index (χ4v) is 5.23. The van der Waals surface area contributed by atoms with E-state index in [1.54, 1.807) is 0 Å². The van der Waals surface area contributed by atoms with Crippen LogP contribution in [0.15, 0.2) is 64.7 Å². The molecule has 0 saturated carbocycles. The number of esters is 1. The van der Waals surface area contributed by atoms with Crippen LogP contribution in [0.4, 0.5) is 0 Å². The van der Waals surface area contributed by atoms with Gasteiger partial charge < -0.3 is 75.4 Å². The summed E-state index contributed by atoms with van der Waals surface area (Å²) >= 11 is 0. The van der Waals surface area contributed by atoms with E-state index in [1.165, 1.54) is 37.3 Å². The van der Waals surface area contributed by atoms with Crippen molar-refractivity contribution in [2.45, 2.75) is 42.3 Å². The van der Waals surface area contributed by atoms with Gasteiger partial charge in [0.25, 0.3) is 0 Å². The SMILES string of the molecule is C=CC1C(OC2OC(CO)C(O)C(O)(O)C2OCNC)OC=C(C(=O)OC)C1(O)C=CC1=CN(CCO)CC(C(=O)O)=C1NC(N)=NC. The summed E-state index contributed by atoms with van der Waals surface area (Å²) in [5.74, 6) is -6.85. The van der Waals surface area contributed by atoms with Crippen LogP contribution in [-0.2, 0) is 33.3 Å². The molecule has 1 fully saturated rings. The maximum atomic E-state index is 12.9. The minimum absolute atomic E-state index is 0.00853. The lowest BCUT2D eigenvalue weighted by Gasteiger charge is -2.48. The highest BCUT2D eigenvalue weighted by Gasteiger charge is 2.58. The Kier molecular flexibility index (Phi) is 13.2. The average Bonchev–Trinajstić information content (AvgIpc) is 3.05. The molecule has 48 heavy (non-hydrogen) atoms. The van der Waals surface area contributed by atoms with Crippen LogP contribution >= 0.6 is 0 Å². The molecule has 7 unspecified atom stereocenters.